The number of nitrogens with one attached hydrogen (secondary N) is 1. The second kappa shape index (κ2) is 3.96. The van der Waals surface area contributed by atoms with Crippen molar-refractivity contribution in [2.24, 2.45) is 0 Å². The zero-order chi connectivity index (χ0) is 10.7. The fraction of sp³-hybridized carbons (Fsp3) is 0. The Morgan fingerprint density at radius 1 is 1.20 bits per heavy atom. The predicted octanol–water partition coefficient (Wildman–Crippen LogP) is 2.30. The van der Waals surface area contributed by atoms with Crippen molar-refractivity contribution in [3.05, 3.63) is 47.5 Å². The molecule has 0 amide bonds. The van der Waals surface area contributed by atoms with Crippen LogP contribution in [0.1, 0.15) is 11.3 Å². The van der Waals surface area contributed by atoms with Crippen LogP contribution in [0.3, 0.4) is 0 Å². The molecule has 0 atom stereocenters. The first-order valence-electron chi connectivity index (χ1n) is 4.48. The van der Waals surface area contributed by atoms with E-state index < -0.39 is 0 Å². The summed E-state index contributed by atoms with van der Waals surface area (Å²) in [4.78, 5) is 0. The molecular weight excluding hydrogens is 193 g/mol. The molecule has 1 heterocycles. The highest BCUT2D eigenvalue weighted by molar-refractivity contribution is 5.73. The number of hydrogen-bond donors (Lipinski definition) is 2. The number of aromatic nitrogens is 2. The number of anilines is 1. The molecule has 0 fully saturated rings. The van der Waals surface area contributed by atoms with Gasteiger partial charge >= 0.3 is 0 Å². The first kappa shape index (κ1) is 9.45. The third-order valence-corrected chi connectivity index (χ3v) is 2.01. The van der Waals surface area contributed by atoms with Gasteiger partial charge in [0.25, 0.3) is 0 Å². The summed E-state index contributed by atoms with van der Waals surface area (Å²) in [6.45, 7) is 0. The molecule has 0 aliphatic carbocycles. The molecule has 1 aromatic carbocycles. The van der Waals surface area contributed by atoms with E-state index in [1.807, 2.05) is 6.08 Å². The number of H-pyrrole nitrogens is 1. The Morgan fingerprint density at radius 2 is 1.93 bits per heavy atom. The topological polar surface area (TPSA) is 54.7 Å². The summed E-state index contributed by atoms with van der Waals surface area (Å²) >= 11 is 0. The van der Waals surface area contributed by atoms with Crippen molar-refractivity contribution in [3.8, 4) is 0 Å². The summed E-state index contributed by atoms with van der Waals surface area (Å²) in [6, 6.07) is 6.21. The van der Waals surface area contributed by atoms with Crippen molar-refractivity contribution in [2.75, 3.05) is 5.73 Å². The van der Waals surface area contributed by atoms with Crippen molar-refractivity contribution in [1.29, 1.82) is 0 Å². The zero-order valence-corrected chi connectivity index (χ0v) is 7.94. The van der Waals surface area contributed by atoms with Gasteiger partial charge in [0, 0.05) is 0 Å². The molecule has 2 rings (SSSR count). The number of benzene rings is 1. The molecule has 1 aromatic heterocycles. The molecule has 4 heteroatoms. The maximum absolute atomic E-state index is 12.6. The standard InChI is InChI=1S/C11H10FN3/c12-9-4-1-8(2-5-9)3-6-11-10(13)7-14-15-11/h1-7H,13H2,(H,14,15)/b6-3+. The van der Waals surface area contributed by atoms with E-state index in [4.69, 9.17) is 5.73 Å². The van der Waals surface area contributed by atoms with Crippen LogP contribution >= 0.6 is 0 Å². The van der Waals surface area contributed by atoms with Crippen molar-refractivity contribution in [1.82, 2.24) is 10.2 Å². The van der Waals surface area contributed by atoms with Crippen LogP contribution in [-0.2, 0) is 0 Å². The van der Waals surface area contributed by atoms with Crippen LogP contribution in [-0.4, -0.2) is 10.2 Å². The van der Waals surface area contributed by atoms with E-state index in [9.17, 15) is 4.39 Å². The van der Waals surface area contributed by atoms with Crippen LogP contribution in [0.25, 0.3) is 12.2 Å². The minimum absolute atomic E-state index is 0.242. The summed E-state index contributed by atoms with van der Waals surface area (Å²) in [5, 5.41) is 6.54. The van der Waals surface area contributed by atoms with Gasteiger partial charge in [-0.3, -0.25) is 5.10 Å². The Hall–Kier alpha value is -2.10. The second-order valence-electron chi connectivity index (χ2n) is 3.12. The van der Waals surface area contributed by atoms with Gasteiger partial charge in [0.15, 0.2) is 0 Å². The minimum Gasteiger partial charge on any atom is -0.396 e. The van der Waals surface area contributed by atoms with Crippen molar-refractivity contribution >= 4 is 17.8 Å². The Balaban J connectivity index is 2.19. The fourth-order valence-electron chi connectivity index (χ4n) is 1.19. The summed E-state index contributed by atoms with van der Waals surface area (Å²) in [5.41, 5.74) is 7.87. The molecule has 0 spiro atoms. The molecule has 3 nitrogen and oxygen atoms in total. The number of aromatic amines is 1. The molecule has 0 aliphatic rings. The van der Waals surface area contributed by atoms with E-state index in [-0.39, 0.29) is 5.82 Å². The largest absolute Gasteiger partial charge is 0.396 e. The average Bonchev–Trinajstić information content (AvgIpc) is 2.63. The molecule has 76 valence electrons. The molecule has 0 aliphatic heterocycles. The van der Waals surface area contributed by atoms with E-state index >= 15 is 0 Å². The van der Waals surface area contributed by atoms with Crippen LogP contribution in [0.15, 0.2) is 30.5 Å². The molecule has 2 aromatic rings. The molecule has 0 bridgehead atoms. The minimum atomic E-state index is -0.242. The van der Waals surface area contributed by atoms with Gasteiger partial charge in [0.2, 0.25) is 0 Å². The number of nitrogen functional groups attached to an aromatic ring is 1. The highest BCUT2D eigenvalue weighted by atomic mass is 19.1. The maximum atomic E-state index is 12.6. The van der Waals surface area contributed by atoms with Gasteiger partial charge in [-0.25, -0.2) is 4.39 Å². The summed E-state index contributed by atoms with van der Waals surface area (Å²) in [6.07, 6.45) is 5.18. The van der Waals surface area contributed by atoms with Gasteiger partial charge in [0.05, 0.1) is 17.6 Å². The summed E-state index contributed by atoms with van der Waals surface area (Å²) in [7, 11) is 0. The predicted molar refractivity (Wildman–Crippen MR) is 58.3 cm³/mol. The van der Waals surface area contributed by atoms with Crippen LogP contribution in [0.2, 0.25) is 0 Å². The van der Waals surface area contributed by atoms with E-state index in [1.54, 1.807) is 24.4 Å². The number of hydrogen-bond acceptors (Lipinski definition) is 2. The number of rotatable bonds is 2. The zero-order valence-electron chi connectivity index (χ0n) is 7.94. The smallest absolute Gasteiger partial charge is 0.123 e. The van der Waals surface area contributed by atoms with Gasteiger partial charge in [-0.2, -0.15) is 5.10 Å². The molecule has 0 unspecified atom stereocenters. The number of nitrogens with zero attached hydrogens (tertiary/aromatic N) is 1. The summed E-state index contributed by atoms with van der Waals surface area (Å²) < 4.78 is 12.6. The summed E-state index contributed by atoms with van der Waals surface area (Å²) in [5.74, 6) is -0.242. The molecule has 0 radical (unpaired) electrons. The number of nitrogens with two attached hydrogens (primary N) is 1. The van der Waals surface area contributed by atoms with Gasteiger partial charge in [-0.1, -0.05) is 18.2 Å². The highest BCUT2D eigenvalue weighted by Crippen LogP contribution is 2.11. The molecule has 15 heavy (non-hydrogen) atoms. The van der Waals surface area contributed by atoms with Crippen LogP contribution in [0, 0.1) is 5.82 Å². The normalized spacial score (nSPS) is 11.0. The Labute approximate surface area is 86.4 Å². The fourth-order valence-corrected chi connectivity index (χ4v) is 1.19. The SMILES string of the molecule is Nc1cn[nH]c1/C=C/c1ccc(F)cc1. The van der Waals surface area contributed by atoms with E-state index in [2.05, 4.69) is 10.2 Å². The Kier molecular flexibility index (Phi) is 2.49. The van der Waals surface area contributed by atoms with Crippen LogP contribution in [0.5, 0.6) is 0 Å². The van der Waals surface area contributed by atoms with E-state index in [1.165, 1.54) is 12.1 Å². The lowest BCUT2D eigenvalue weighted by molar-refractivity contribution is 0.628. The molecule has 3 N–H and O–H groups in total. The molecular formula is C11H10FN3. The van der Waals surface area contributed by atoms with Gasteiger partial charge in [-0.15, -0.1) is 0 Å². The molecule has 0 saturated heterocycles. The highest BCUT2D eigenvalue weighted by Gasteiger charge is 1.95. The lowest BCUT2D eigenvalue weighted by atomic mass is 10.2. The third-order valence-electron chi connectivity index (χ3n) is 2.01. The van der Waals surface area contributed by atoms with Crippen LogP contribution < -0.4 is 5.73 Å². The monoisotopic (exact) mass is 203 g/mol. The average molecular weight is 203 g/mol. The number of halogens is 1. The van der Waals surface area contributed by atoms with Gasteiger partial charge < -0.3 is 5.73 Å². The lowest BCUT2D eigenvalue weighted by Crippen LogP contribution is -1.84. The van der Waals surface area contributed by atoms with Gasteiger partial charge in [0.1, 0.15) is 5.82 Å². The van der Waals surface area contributed by atoms with Crippen molar-refractivity contribution < 1.29 is 4.39 Å². The Morgan fingerprint density at radius 3 is 2.53 bits per heavy atom. The van der Waals surface area contributed by atoms with E-state index in [0.29, 0.717) is 5.69 Å². The lowest BCUT2D eigenvalue weighted by Gasteiger charge is -1.93. The first-order chi connectivity index (χ1) is 7.25. The van der Waals surface area contributed by atoms with E-state index in [0.717, 1.165) is 11.3 Å². The maximum Gasteiger partial charge on any atom is 0.123 e. The van der Waals surface area contributed by atoms with Crippen molar-refractivity contribution in [3.63, 3.8) is 0 Å². The second-order valence-corrected chi connectivity index (χ2v) is 3.12. The van der Waals surface area contributed by atoms with Crippen molar-refractivity contribution in [2.45, 2.75) is 0 Å². The van der Waals surface area contributed by atoms with Crippen LogP contribution in [0.4, 0.5) is 10.1 Å². The third kappa shape index (κ3) is 2.22. The molecule has 0 saturated carbocycles. The first-order valence-corrected chi connectivity index (χ1v) is 4.48. The Bertz CT molecular complexity index is 471. The quantitative estimate of drug-likeness (QED) is 0.786. The van der Waals surface area contributed by atoms with Gasteiger partial charge in [-0.05, 0) is 23.8 Å².